The molecule has 0 bridgehead atoms. The van der Waals surface area contributed by atoms with Gasteiger partial charge in [-0.05, 0) is 6.42 Å². The van der Waals surface area contributed by atoms with E-state index < -0.39 is 0 Å². The number of aromatic nitrogens is 2. The predicted molar refractivity (Wildman–Crippen MR) is 47.5 cm³/mol. The Hall–Kier alpha value is -1.52. The first-order chi connectivity index (χ1) is 6.24. The summed E-state index contributed by atoms with van der Waals surface area (Å²) >= 11 is 0. The topological polar surface area (TPSA) is 78.0 Å². The molecule has 0 radical (unpaired) electrons. The molecule has 5 heteroatoms. The van der Waals surface area contributed by atoms with Crippen LogP contribution in [0.4, 0.5) is 0 Å². The lowest BCUT2D eigenvalue weighted by molar-refractivity contribution is 0.0943. The number of hydrogen-bond acceptors (Lipinski definition) is 3. The molecule has 0 aliphatic heterocycles. The maximum atomic E-state index is 11.2. The van der Waals surface area contributed by atoms with Crippen LogP contribution in [0.3, 0.4) is 0 Å². The number of carbonyl (C=O) groups excluding carboxylic acids is 1. The van der Waals surface area contributed by atoms with Gasteiger partial charge in [0.1, 0.15) is 0 Å². The van der Waals surface area contributed by atoms with E-state index in [4.69, 9.17) is 5.11 Å². The highest BCUT2D eigenvalue weighted by Crippen LogP contribution is 2.02. The van der Waals surface area contributed by atoms with Crippen molar-refractivity contribution in [2.75, 3.05) is 6.54 Å². The van der Waals surface area contributed by atoms with Crippen LogP contribution in [0.15, 0.2) is 6.20 Å². The molecule has 5 nitrogen and oxygen atoms in total. The highest BCUT2D eigenvalue weighted by Gasteiger charge is 2.08. The van der Waals surface area contributed by atoms with Gasteiger partial charge in [0.2, 0.25) is 5.88 Å². The van der Waals surface area contributed by atoms with Crippen LogP contribution in [0.1, 0.15) is 30.4 Å². The van der Waals surface area contributed by atoms with Crippen molar-refractivity contribution in [2.45, 2.75) is 19.8 Å². The minimum absolute atomic E-state index is 0.147. The number of aromatic amines is 1. The molecule has 1 amide bonds. The number of hydrogen-bond donors (Lipinski definition) is 3. The molecule has 1 rings (SSSR count). The van der Waals surface area contributed by atoms with Gasteiger partial charge in [-0.1, -0.05) is 13.3 Å². The largest absolute Gasteiger partial charge is 0.492 e. The highest BCUT2D eigenvalue weighted by molar-refractivity contribution is 5.90. The highest BCUT2D eigenvalue weighted by atomic mass is 16.3. The molecule has 0 atom stereocenters. The summed E-state index contributed by atoms with van der Waals surface area (Å²) < 4.78 is 0. The summed E-state index contributed by atoms with van der Waals surface area (Å²) in [5, 5.41) is 11.5. The fraction of sp³-hybridized carbons (Fsp3) is 0.500. The summed E-state index contributed by atoms with van der Waals surface area (Å²) in [6.45, 7) is 2.68. The van der Waals surface area contributed by atoms with Crippen LogP contribution >= 0.6 is 0 Å². The lowest BCUT2D eigenvalue weighted by Gasteiger charge is -1.99. The maximum Gasteiger partial charge on any atom is 0.287 e. The molecular weight excluding hydrogens is 170 g/mol. The second kappa shape index (κ2) is 4.49. The Balaban J connectivity index is 2.40. The fourth-order valence-corrected chi connectivity index (χ4v) is 0.891. The van der Waals surface area contributed by atoms with Gasteiger partial charge in [-0.15, -0.1) is 0 Å². The smallest absolute Gasteiger partial charge is 0.287 e. The van der Waals surface area contributed by atoms with E-state index in [2.05, 4.69) is 15.3 Å². The standard InChI is InChI=1S/C8H13N3O2/c1-2-3-4-9-8(13)7-10-5-6(12)11-7/h5,12H,2-4H2,1H3,(H,9,13)(H,10,11). The first-order valence-corrected chi connectivity index (χ1v) is 4.26. The third kappa shape index (κ3) is 2.77. The normalized spacial score (nSPS) is 9.92. The Labute approximate surface area is 76.2 Å². The van der Waals surface area contributed by atoms with E-state index in [0.29, 0.717) is 6.54 Å². The monoisotopic (exact) mass is 183 g/mol. The Bertz CT molecular complexity index is 283. The predicted octanol–water partition coefficient (Wildman–Crippen LogP) is 0.645. The second-order valence-electron chi connectivity index (χ2n) is 2.72. The Morgan fingerprint density at radius 3 is 3.08 bits per heavy atom. The number of nitrogens with zero attached hydrogens (tertiary/aromatic N) is 1. The number of unbranched alkanes of at least 4 members (excludes halogenated alkanes) is 1. The number of H-pyrrole nitrogens is 1. The van der Waals surface area contributed by atoms with Crippen molar-refractivity contribution in [1.29, 1.82) is 0 Å². The number of nitrogens with one attached hydrogen (secondary N) is 2. The van der Waals surface area contributed by atoms with E-state index in [1.54, 1.807) is 0 Å². The quantitative estimate of drug-likeness (QED) is 0.599. The Morgan fingerprint density at radius 2 is 2.54 bits per heavy atom. The van der Waals surface area contributed by atoms with Gasteiger partial charge in [0, 0.05) is 6.54 Å². The van der Waals surface area contributed by atoms with E-state index >= 15 is 0 Å². The average Bonchev–Trinajstić information content (AvgIpc) is 2.52. The van der Waals surface area contributed by atoms with Crippen LogP contribution in [0.2, 0.25) is 0 Å². The molecule has 0 saturated carbocycles. The van der Waals surface area contributed by atoms with Gasteiger partial charge in [-0.2, -0.15) is 4.98 Å². The molecule has 1 heterocycles. The minimum atomic E-state index is -0.284. The summed E-state index contributed by atoms with van der Waals surface area (Å²) in [6, 6.07) is 0. The molecule has 0 aliphatic rings. The summed E-state index contributed by atoms with van der Waals surface area (Å²) in [5.41, 5.74) is 0. The van der Waals surface area contributed by atoms with Gasteiger partial charge >= 0.3 is 0 Å². The zero-order valence-electron chi connectivity index (χ0n) is 7.50. The molecule has 72 valence electrons. The molecular formula is C8H13N3O2. The number of carbonyl (C=O) groups is 1. The minimum Gasteiger partial charge on any atom is -0.492 e. The molecule has 0 spiro atoms. The van der Waals surface area contributed by atoms with Crippen LogP contribution in [0.5, 0.6) is 5.88 Å². The van der Waals surface area contributed by atoms with Crippen LogP contribution in [0, 0.1) is 0 Å². The van der Waals surface area contributed by atoms with Gasteiger partial charge in [-0.25, -0.2) is 0 Å². The molecule has 0 aliphatic carbocycles. The van der Waals surface area contributed by atoms with E-state index in [1.807, 2.05) is 6.92 Å². The van der Waals surface area contributed by atoms with E-state index in [1.165, 1.54) is 6.20 Å². The molecule has 0 unspecified atom stereocenters. The molecule has 13 heavy (non-hydrogen) atoms. The molecule has 0 saturated heterocycles. The van der Waals surface area contributed by atoms with Gasteiger partial charge in [0.15, 0.2) is 5.82 Å². The second-order valence-corrected chi connectivity index (χ2v) is 2.72. The number of amides is 1. The lowest BCUT2D eigenvalue weighted by atomic mass is 10.3. The van der Waals surface area contributed by atoms with Crippen molar-refractivity contribution in [3.8, 4) is 5.88 Å². The zero-order valence-corrected chi connectivity index (χ0v) is 7.50. The van der Waals surface area contributed by atoms with Crippen LogP contribution < -0.4 is 5.32 Å². The summed E-state index contributed by atoms with van der Waals surface area (Å²) in [7, 11) is 0. The van der Waals surface area contributed by atoms with Crippen LogP contribution in [-0.4, -0.2) is 27.5 Å². The molecule has 3 N–H and O–H groups in total. The first kappa shape index (κ1) is 9.57. The third-order valence-corrected chi connectivity index (χ3v) is 1.60. The van der Waals surface area contributed by atoms with Crippen LogP contribution in [-0.2, 0) is 0 Å². The van der Waals surface area contributed by atoms with Crippen molar-refractivity contribution in [1.82, 2.24) is 15.3 Å². The van der Waals surface area contributed by atoms with Gasteiger partial charge in [0.25, 0.3) is 5.91 Å². The third-order valence-electron chi connectivity index (χ3n) is 1.60. The van der Waals surface area contributed by atoms with E-state index in [-0.39, 0.29) is 17.6 Å². The van der Waals surface area contributed by atoms with Crippen molar-refractivity contribution in [3.63, 3.8) is 0 Å². The molecule has 1 aromatic rings. The molecule has 0 fully saturated rings. The van der Waals surface area contributed by atoms with E-state index in [0.717, 1.165) is 12.8 Å². The summed E-state index contributed by atoms with van der Waals surface area (Å²) in [6.07, 6.45) is 3.25. The number of imidazole rings is 1. The van der Waals surface area contributed by atoms with Gasteiger partial charge < -0.3 is 15.4 Å². The first-order valence-electron chi connectivity index (χ1n) is 4.26. The van der Waals surface area contributed by atoms with Gasteiger partial charge in [-0.3, -0.25) is 4.79 Å². The van der Waals surface area contributed by atoms with Crippen molar-refractivity contribution >= 4 is 5.91 Å². The molecule has 1 aromatic heterocycles. The Kier molecular flexibility index (Phi) is 3.31. The van der Waals surface area contributed by atoms with Crippen molar-refractivity contribution in [2.24, 2.45) is 0 Å². The summed E-state index contributed by atoms with van der Waals surface area (Å²) in [5.74, 6) is -0.303. The van der Waals surface area contributed by atoms with Crippen molar-refractivity contribution < 1.29 is 9.90 Å². The Morgan fingerprint density at radius 1 is 1.77 bits per heavy atom. The summed E-state index contributed by atoms with van der Waals surface area (Å²) in [4.78, 5) is 17.4. The van der Waals surface area contributed by atoms with Crippen molar-refractivity contribution in [3.05, 3.63) is 12.0 Å². The number of rotatable bonds is 4. The number of aromatic hydroxyl groups is 1. The fourth-order valence-electron chi connectivity index (χ4n) is 0.891. The van der Waals surface area contributed by atoms with Crippen LogP contribution in [0.25, 0.3) is 0 Å². The van der Waals surface area contributed by atoms with Gasteiger partial charge in [0.05, 0.1) is 6.20 Å². The van der Waals surface area contributed by atoms with E-state index in [9.17, 15) is 4.79 Å². The SMILES string of the molecule is CCCCNC(=O)c1nc(O)c[nH]1. The lowest BCUT2D eigenvalue weighted by Crippen LogP contribution is -2.25. The molecule has 0 aromatic carbocycles. The maximum absolute atomic E-state index is 11.2. The zero-order chi connectivity index (χ0) is 9.68. The average molecular weight is 183 g/mol.